The van der Waals surface area contributed by atoms with E-state index in [1.165, 1.54) is 0 Å². The molecular weight excluding hydrogens is 274 g/mol. The summed E-state index contributed by atoms with van der Waals surface area (Å²) in [5.41, 5.74) is 1.61. The SMILES string of the molecule is Cc1cccc2nc(Cl)n(C3CCCCNC3)c(=O)c12. The van der Waals surface area contributed by atoms with Crippen LogP contribution >= 0.6 is 11.6 Å². The molecular formula is C15H18ClN3O. The zero-order valence-electron chi connectivity index (χ0n) is 11.5. The third kappa shape index (κ3) is 2.34. The Labute approximate surface area is 122 Å². The van der Waals surface area contributed by atoms with E-state index in [9.17, 15) is 4.79 Å². The lowest BCUT2D eigenvalue weighted by Gasteiger charge is -2.19. The van der Waals surface area contributed by atoms with E-state index in [0.29, 0.717) is 16.2 Å². The second-order valence-corrected chi connectivity index (χ2v) is 5.72. The van der Waals surface area contributed by atoms with E-state index in [2.05, 4.69) is 10.3 Å². The molecule has 1 saturated heterocycles. The van der Waals surface area contributed by atoms with Gasteiger partial charge in [0.2, 0.25) is 5.28 Å². The molecule has 1 aliphatic rings. The molecule has 1 fully saturated rings. The van der Waals surface area contributed by atoms with Crippen molar-refractivity contribution >= 4 is 22.5 Å². The van der Waals surface area contributed by atoms with Gasteiger partial charge in [-0.2, -0.15) is 0 Å². The van der Waals surface area contributed by atoms with Crippen molar-refractivity contribution in [1.29, 1.82) is 0 Å². The normalized spacial score (nSPS) is 20.0. The molecule has 20 heavy (non-hydrogen) atoms. The fourth-order valence-corrected chi connectivity index (χ4v) is 3.22. The summed E-state index contributed by atoms with van der Waals surface area (Å²) in [6.45, 7) is 3.72. The minimum absolute atomic E-state index is 0.0215. The maximum absolute atomic E-state index is 12.8. The number of fused-ring (bicyclic) bond motifs is 1. The van der Waals surface area contributed by atoms with Gasteiger partial charge in [0, 0.05) is 6.54 Å². The molecule has 0 spiro atoms. The molecule has 0 amide bonds. The van der Waals surface area contributed by atoms with Crippen LogP contribution in [0.2, 0.25) is 5.28 Å². The third-order valence-corrected chi connectivity index (χ3v) is 4.25. The predicted octanol–water partition coefficient (Wildman–Crippen LogP) is 2.67. The molecule has 0 aliphatic carbocycles. The van der Waals surface area contributed by atoms with Crippen molar-refractivity contribution in [2.24, 2.45) is 0 Å². The number of benzene rings is 1. The van der Waals surface area contributed by atoms with Gasteiger partial charge in [-0.15, -0.1) is 0 Å². The average Bonchev–Trinajstić information content (AvgIpc) is 2.67. The first kappa shape index (κ1) is 13.6. The molecule has 1 N–H and O–H groups in total. The van der Waals surface area contributed by atoms with Crippen LogP contribution in [0.3, 0.4) is 0 Å². The highest BCUT2D eigenvalue weighted by molar-refractivity contribution is 6.28. The Morgan fingerprint density at radius 3 is 3.10 bits per heavy atom. The van der Waals surface area contributed by atoms with Crippen LogP contribution in [0.5, 0.6) is 0 Å². The standard InChI is InChI=1S/C15H18ClN3O/c1-10-5-4-7-12-13(10)14(20)19(15(16)18-12)11-6-2-3-8-17-9-11/h4-5,7,11,17H,2-3,6,8-9H2,1H3. The summed E-state index contributed by atoms with van der Waals surface area (Å²) in [5.74, 6) is 0. The second-order valence-electron chi connectivity index (χ2n) is 5.38. The van der Waals surface area contributed by atoms with E-state index in [0.717, 1.165) is 37.9 Å². The summed E-state index contributed by atoms with van der Waals surface area (Å²) in [7, 11) is 0. The minimum atomic E-state index is -0.0215. The van der Waals surface area contributed by atoms with Gasteiger partial charge in [-0.3, -0.25) is 9.36 Å². The zero-order chi connectivity index (χ0) is 14.1. The number of rotatable bonds is 1. The Hall–Kier alpha value is -1.39. The molecule has 2 heterocycles. The molecule has 1 aliphatic heterocycles. The molecule has 0 radical (unpaired) electrons. The molecule has 0 saturated carbocycles. The van der Waals surface area contributed by atoms with E-state index < -0.39 is 0 Å². The molecule has 1 unspecified atom stereocenters. The van der Waals surface area contributed by atoms with E-state index in [-0.39, 0.29) is 11.6 Å². The van der Waals surface area contributed by atoms with Crippen LogP contribution in [0.1, 0.15) is 30.9 Å². The van der Waals surface area contributed by atoms with Gasteiger partial charge in [0.15, 0.2) is 0 Å². The van der Waals surface area contributed by atoms with Gasteiger partial charge in [-0.05, 0) is 49.5 Å². The number of nitrogens with one attached hydrogen (secondary N) is 1. The van der Waals surface area contributed by atoms with E-state index >= 15 is 0 Å². The van der Waals surface area contributed by atoms with Crippen LogP contribution in [-0.2, 0) is 0 Å². The highest BCUT2D eigenvalue weighted by atomic mass is 35.5. The quantitative estimate of drug-likeness (QED) is 0.822. The Kier molecular flexibility index (Phi) is 3.76. The first-order chi connectivity index (χ1) is 9.68. The summed E-state index contributed by atoms with van der Waals surface area (Å²) >= 11 is 6.27. The van der Waals surface area contributed by atoms with Crippen LogP contribution < -0.4 is 10.9 Å². The van der Waals surface area contributed by atoms with Gasteiger partial charge >= 0.3 is 0 Å². The fourth-order valence-electron chi connectivity index (χ4n) is 2.92. The summed E-state index contributed by atoms with van der Waals surface area (Å²) in [6, 6.07) is 5.77. The number of hydrogen-bond acceptors (Lipinski definition) is 3. The molecule has 1 aromatic carbocycles. The van der Waals surface area contributed by atoms with Crippen molar-refractivity contribution in [3.05, 3.63) is 39.4 Å². The molecule has 3 rings (SSSR count). The predicted molar refractivity (Wildman–Crippen MR) is 81.5 cm³/mol. The number of aryl methyl sites for hydroxylation is 1. The van der Waals surface area contributed by atoms with Crippen LogP contribution in [0.15, 0.2) is 23.0 Å². The van der Waals surface area contributed by atoms with Gasteiger partial charge in [0.1, 0.15) is 0 Å². The average molecular weight is 292 g/mol. The maximum Gasteiger partial charge on any atom is 0.262 e. The van der Waals surface area contributed by atoms with Gasteiger partial charge in [-0.25, -0.2) is 4.98 Å². The Balaban J connectivity index is 2.19. The van der Waals surface area contributed by atoms with Crippen molar-refractivity contribution in [2.45, 2.75) is 32.2 Å². The lowest BCUT2D eigenvalue weighted by molar-refractivity contribution is 0.447. The van der Waals surface area contributed by atoms with Crippen molar-refractivity contribution in [2.75, 3.05) is 13.1 Å². The number of halogens is 1. The van der Waals surface area contributed by atoms with E-state index in [1.807, 2.05) is 25.1 Å². The summed E-state index contributed by atoms with van der Waals surface area (Å²) in [5, 5.41) is 4.34. The molecule has 4 nitrogen and oxygen atoms in total. The van der Waals surface area contributed by atoms with Crippen molar-refractivity contribution in [3.8, 4) is 0 Å². The van der Waals surface area contributed by atoms with E-state index in [4.69, 9.17) is 11.6 Å². The molecule has 1 aromatic heterocycles. The van der Waals surface area contributed by atoms with Crippen molar-refractivity contribution in [3.63, 3.8) is 0 Å². The molecule has 5 heteroatoms. The van der Waals surface area contributed by atoms with Crippen LogP contribution in [0.25, 0.3) is 10.9 Å². The molecule has 0 bridgehead atoms. The third-order valence-electron chi connectivity index (χ3n) is 3.98. The fraction of sp³-hybridized carbons (Fsp3) is 0.467. The Morgan fingerprint density at radius 2 is 2.25 bits per heavy atom. The zero-order valence-corrected chi connectivity index (χ0v) is 12.3. The number of aromatic nitrogens is 2. The summed E-state index contributed by atoms with van der Waals surface area (Å²) < 4.78 is 1.66. The Morgan fingerprint density at radius 1 is 1.40 bits per heavy atom. The smallest absolute Gasteiger partial charge is 0.262 e. The lowest BCUT2D eigenvalue weighted by Crippen LogP contribution is -2.32. The maximum atomic E-state index is 12.8. The number of nitrogens with zero attached hydrogens (tertiary/aromatic N) is 2. The van der Waals surface area contributed by atoms with Gasteiger partial charge < -0.3 is 5.32 Å². The first-order valence-corrected chi connectivity index (χ1v) is 7.44. The highest BCUT2D eigenvalue weighted by Crippen LogP contribution is 2.22. The highest BCUT2D eigenvalue weighted by Gasteiger charge is 2.20. The second kappa shape index (κ2) is 5.54. The first-order valence-electron chi connectivity index (χ1n) is 7.06. The van der Waals surface area contributed by atoms with E-state index in [1.54, 1.807) is 4.57 Å². The van der Waals surface area contributed by atoms with Crippen LogP contribution in [-0.4, -0.2) is 22.6 Å². The van der Waals surface area contributed by atoms with Crippen LogP contribution in [0.4, 0.5) is 0 Å². The number of hydrogen-bond donors (Lipinski definition) is 1. The minimum Gasteiger partial charge on any atom is -0.315 e. The molecule has 1 atom stereocenters. The monoisotopic (exact) mass is 291 g/mol. The Bertz CT molecular complexity index is 687. The van der Waals surface area contributed by atoms with Crippen LogP contribution in [0, 0.1) is 6.92 Å². The lowest BCUT2D eigenvalue weighted by atomic mass is 10.1. The van der Waals surface area contributed by atoms with Gasteiger partial charge in [-0.1, -0.05) is 18.6 Å². The molecule has 2 aromatic rings. The largest absolute Gasteiger partial charge is 0.315 e. The van der Waals surface area contributed by atoms with Gasteiger partial charge in [0.05, 0.1) is 16.9 Å². The topological polar surface area (TPSA) is 46.9 Å². The van der Waals surface area contributed by atoms with Crippen molar-refractivity contribution in [1.82, 2.24) is 14.9 Å². The van der Waals surface area contributed by atoms with Crippen molar-refractivity contribution < 1.29 is 0 Å². The molecule has 106 valence electrons. The van der Waals surface area contributed by atoms with Gasteiger partial charge in [0.25, 0.3) is 5.56 Å². The summed E-state index contributed by atoms with van der Waals surface area (Å²) in [6.07, 6.45) is 3.21. The summed E-state index contributed by atoms with van der Waals surface area (Å²) in [4.78, 5) is 17.2.